The van der Waals surface area contributed by atoms with Crippen LogP contribution in [0.2, 0.25) is 5.02 Å². The molecule has 0 bridgehead atoms. The van der Waals surface area contributed by atoms with Gasteiger partial charge in [0, 0.05) is 18.6 Å². The summed E-state index contributed by atoms with van der Waals surface area (Å²) in [5.41, 5.74) is 1.97. The zero-order valence-corrected chi connectivity index (χ0v) is 12.9. The number of hydrogen-bond acceptors (Lipinski definition) is 3. The molecule has 0 atom stereocenters. The van der Waals surface area contributed by atoms with Crippen molar-refractivity contribution < 1.29 is 4.79 Å². The van der Waals surface area contributed by atoms with E-state index in [1.807, 2.05) is 18.2 Å². The zero-order valence-electron chi connectivity index (χ0n) is 12.1. The number of amides is 2. The predicted octanol–water partition coefficient (Wildman–Crippen LogP) is 3.24. The minimum atomic E-state index is -0.341. The van der Waals surface area contributed by atoms with E-state index in [9.17, 15) is 4.79 Å². The Morgan fingerprint density at radius 2 is 2.04 bits per heavy atom. The molecule has 2 amide bonds. The van der Waals surface area contributed by atoms with Crippen molar-refractivity contribution in [3.63, 3.8) is 0 Å². The molecule has 116 valence electrons. The van der Waals surface area contributed by atoms with Crippen LogP contribution in [0.5, 0.6) is 0 Å². The summed E-state index contributed by atoms with van der Waals surface area (Å²) in [7, 11) is 0. The first-order chi connectivity index (χ1) is 11.2. The predicted molar refractivity (Wildman–Crippen MR) is 88.7 cm³/mol. The summed E-state index contributed by atoms with van der Waals surface area (Å²) in [4.78, 5) is 16.2. The average Bonchev–Trinajstić information content (AvgIpc) is 3.08. The van der Waals surface area contributed by atoms with E-state index in [2.05, 4.69) is 20.7 Å². The molecule has 2 heterocycles. The van der Waals surface area contributed by atoms with Crippen molar-refractivity contribution >= 4 is 23.3 Å². The summed E-state index contributed by atoms with van der Waals surface area (Å²) in [6, 6.07) is 12.3. The molecule has 1 aromatic carbocycles. The number of halogens is 1. The monoisotopic (exact) mass is 327 g/mol. The average molecular weight is 328 g/mol. The van der Waals surface area contributed by atoms with Crippen LogP contribution in [0.4, 0.5) is 10.5 Å². The molecule has 0 aliphatic rings. The molecule has 2 N–H and O–H groups in total. The van der Waals surface area contributed by atoms with Gasteiger partial charge in [0.05, 0.1) is 22.9 Å². The smallest absolute Gasteiger partial charge is 0.319 e. The van der Waals surface area contributed by atoms with Gasteiger partial charge in [-0.05, 0) is 30.3 Å². The summed E-state index contributed by atoms with van der Waals surface area (Å²) >= 11 is 6.23. The first-order valence-corrected chi connectivity index (χ1v) is 7.35. The third kappa shape index (κ3) is 3.67. The SMILES string of the molecule is O=C(NCc1ccccn1)Nc1cccc(Cl)c1-n1cccn1. The molecule has 0 aliphatic carbocycles. The number of pyridine rings is 1. The standard InChI is InChI=1S/C16H14ClN5O/c17-13-6-3-7-14(15(13)22-10-4-9-20-22)21-16(23)19-11-12-5-1-2-8-18-12/h1-10H,11H2,(H2,19,21,23). The van der Waals surface area contributed by atoms with Gasteiger partial charge in [-0.3, -0.25) is 4.98 Å². The van der Waals surface area contributed by atoms with Crippen LogP contribution < -0.4 is 10.6 Å². The fourth-order valence-corrected chi connectivity index (χ4v) is 2.35. The summed E-state index contributed by atoms with van der Waals surface area (Å²) in [6.07, 6.45) is 5.09. The number of carbonyl (C=O) groups is 1. The number of rotatable bonds is 4. The lowest BCUT2D eigenvalue weighted by molar-refractivity contribution is 0.251. The fourth-order valence-electron chi connectivity index (χ4n) is 2.09. The lowest BCUT2D eigenvalue weighted by Crippen LogP contribution is -2.29. The summed E-state index contributed by atoms with van der Waals surface area (Å²) in [6.45, 7) is 0.338. The van der Waals surface area contributed by atoms with E-state index in [1.165, 1.54) is 0 Å². The molecule has 2 aromatic heterocycles. The molecule has 0 unspecified atom stereocenters. The second-order valence-electron chi connectivity index (χ2n) is 4.72. The topological polar surface area (TPSA) is 71.8 Å². The summed E-state index contributed by atoms with van der Waals surface area (Å²) in [5, 5.41) is 10.2. The third-order valence-corrected chi connectivity index (χ3v) is 3.43. The minimum absolute atomic E-state index is 0.338. The molecule has 0 fully saturated rings. The largest absolute Gasteiger partial charge is 0.332 e. The van der Waals surface area contributed by atoms with Crippen molar-refractivity contribution in [2.75, 3.05) is 5.32 Å². The van der Waals surface area contributed by atoms with Gasteiger partial charge in [-0.15, -0.1) is 0 Å². The van der Waals surface area contributed by atoms with Crippen LogP contribution in [-0.4, -0.2) is 20.8 Å². The molecule has 0 saturated heterocycles. The maximum atomic E-state index is 12.1. The molecule has 0 saturated carbocycles. The number of hydrogen-bond donors (Lipinski definition) is 2. The van der Waals surface area contributed by atoms with Gasteiger partial charge in [0.25, 0.3) is 0 Å². The highest BCUT2D eigenvalue weighted by molar-refractivity contribution is 6.33. The van der Waals surface area contributed by atoms with Gasteiger partial charge in [0.1, 0.15) is 5.69 Å². The Morgan fingerprint density at radius 3 is 2.78 bits per heavy atom. The molecule has 3 aromatic rings. The van der Waals surface area contributed by atoms with Crippen LogP contribution >= 0.6 is 11.6 Å². The number of carbonyl (C=O) groups excluding carboxylic acids is 1. The van der Waals surface area contributed by atoms with Crippen molar-refractivity contribution in [1.82, 2.24) is 20.1 Å². The van der Waals surface area contributed by atoms with Gasteiger partial charge < -0.3 is 10.6 Å². The number of nitrogens with one attached hydrogen (secondary N) is 2. The van der Waals surface area contributed by atoms with Gasteiger partial charge in [-0.1, -0.05) is 23.7 Å². The maximum absolute atomic E-state index is 12.1. The quantitative estimate of drug-likeness (QED) is 0.772. The summed E-state index contributed by atoms with van der Waals surface area (Å²) in [5.74, 6) is 0. The van der Waals surface area contributed by atoms with E-state index in [-0.39, 0.29) is 6.03 Å². The van der Waals surface area contributed by atoms with Crippen molar-refractivity contribution in [3.8, 4) is 5.69 Å². The molecule has 0 radical (unpaired) electrons. The molecular weight excluding hydrogens is 314 g/mol. The Labute approximate surface area is 138 Å². The van der Waals surface area contributed by atoms with E-state index in [0.717, 1.165) is 5.69 Å². The van der Waals surface area contributed by atoms with E-state index in [0.29, 0.717) is 22.9 Å². The highest BCUT2D eigenvalue weighted by Crippen LogP contribution is 2.27. The van der Waals surface area contributed by atoms with Crippen LogP contribution in [0, 0.1) is 0 Å². The maximum Gasteiger partial charge on any atom is 0.319 e. The highest BCUT2D eigenvalue weighted by atomic mass is 35.5. The van der Waals surface area contributed by atoms with Crippen molar-refractivity contribution in [1.29, 1.82) is 0 Å². The second kappa shape index (κ2) is 6.93. The molecule has 23 heavy (non-hydrogen) atoms. The fraction of sp³-hybridized carbons (Fsp3) is 0.0625. The van der Waals surface area contributed by atoms with Crippen molar-refractivity contribution in [3.05, 3.63) is 71.8 Å². The molecule has 3 rings (SSSR count). The van der Waals surface area contributed by atoms with Crippen LogP contribution in [0.25, 0.3) is 5.69 Å². The number of nitrogens with zero attached hydrogens (tertiary/aromatic N) is 3. The van der Waals surface area contributed by atoms with E-state index in [1.54, 1.807) is 47.5 Å². The van der Waals surface area contributed by atoms with Crippen molar-refractivity contribution in [2.45, 2.75) is 6.54 Å². The Kier molecular flexibility index (Phi) is 4.54. The Hall–Kier alpha value is -2.86. The zero-order chi connectivity index (χ0) is 16.1. The lowest BCUT2D eigenvalue weighted by Gasteiger charge is -2.13. The van der Waals surface area contributed by atoms with Crippen molar-refractivity contribution in [2.24, 2.45) is 0 Å². The van der Waals surface area contributed by atoms with Crippen LogP contribution in [0.3, 0.4) is 0 Å². The van der Waals surface area contributed by atoms with E-state index in [4.69, 9.17) is 11.6 Å². The number of aromatic nitrogens is 3. The minimum Gasteiger partial charge on any atom is -0.332 e. The van der Waals surface area contributed by atoms with Crippen LogP contribution in [0.15, 0.2) is 61.1 Å². The molecule has 0 aliphatic heterocycles. The van der Waals surface area contributed by atoms with Crippen LogP contribution in [0.1, 0.15) is 5.69 Å². The van der Waals surface area contributed by atoms with E-state index >= 15 is 0 Å². The highest BCUT2D eigenvalue weighted by Gasteiger charge is 2.12. The third-order valence-electron chi connectivity index (χ3n) is 3.12. The molecule has 0 spiro atoms. The normalized spacial score (nSPS) is 10.3. The van der Waals surface area contributed by atoms with Gasteiger partial charge in [0.2, 0.25) is 0 Å². The van der Waals surface area contributed by atoms with Gasteiger partial charge in [-0.25, -0.2) is 9.48 Å². The molecule has 7 heteroatoms. The Balaban J connectivity index is 1.73. The number of anilines is 1. The number of urea groups is 1. The lowest BCUT2D eigenvalue weighted by atomic mass is 10.2. The number of para-hydroxylation sites is 1. The number of benzene rings is 1. The Morgan fingerprint density at radius 1 is 1.13 bits per heavy atom. The van der Waals surface area contributed by atoms with Gasteiger partial charge in [-0.2, -0.15) is 5.10 Å². The molecular formula is C16H14ClN5O. The summed E-state index contributed by atoms with van der Waals surface area (Å²) < 4.78 is 1.61. The first-order valence-electron chi connectivity index (χ1n) is 6.97. The molecule has 6 nitrogen and oxygen atoms in total. The Bertz CT molecular complexity index is 789. The second-order valence-corrected chi connectivity index (χ2v) is 5.12. The first kappa shape index (κ1) is 15.1. The van der Waals surface area contributed by atoms with Crippen LogP contribution in [-0.2, 0) is 6.54 Å². The van der Waals surface area contributed by atoms with Gasteiger partial charge >= 0.3 is 6.03 Å². The van der Waals surface area contributed by atoms with Gasteiger partial charge in [0.15, 0.2) is 0 Å². The van der Waals surface area contributed by atoms with E-state index < -0.39 is 0 Å².